The maximum Gasteiger partial charge on any atom is 0.119 e. The topological polar surface area (TPSA) is 18.5 Å². The van der Waals surface area contributed by atoms with Gasteiger partial charge in [0.1, 0.15) is 12.4 Å². The van der Waals surface area contributed by atoms with Gasteiger partial charge in [-0.2, -0.15) is 12.6 Å². The summed E-state index contributed by atoms with van der Waals surface area (Å²) in [4.78, 5) is 0. The largest absolute Gasteiger partial charge is 0.491 e. The molecule has 106 valence electrons. The second kappa shape index (κ2) is 7.81. The highest BCUT2D eigenvalue weighted by Crippen LogP contribution is 2.37. The Hall–Kier alpha value is -0.670. The van der Waals surface area contributed by atoms with Crippen molar-refractivity contribution < 1.29 is 9.47 Å². The molecule has 2 nitrogen and oxygen atoms in total. The third-order valence-electron chi connectivity index (χ3n) is 3.90. The highest BCUT2D eigenvalue weighted by atomic mass is 32.1. The lowest BCUT2D eigenvalue weighted by atomic mass is 9.76. The lowest BCUT2D eigenvalue weighted by molar-refractivity contribution is 0.0213. The van der Waals surface area contributed by atoms with Crippen LogP contribution in [-0.2, 0) is 4.74 Å². The van der Waals surface area contributed by atoms with Crippen LogP contribution in [0.3, 0.4) is 0 Å². The first kappa shape index (κ1) is 14.7. The number of hydrogen-bond acceptors (Lipinski definition) is 3. The molecule has 0 spiro atoms. The Labute approximate surface area is 121 Å². The first-order valence-electron chi connectivity index (χ1n) is 7.21. The predicted molar refractivity (Wildman–Crippen MR) is 82.1 cm³/mol. The summed E-state index contributed by atoms with van der Waals surface area (Å²) >= 11 is 4.52. The molecular weight excluding hydrogens is 256 g/mol. The minimum atomic E-state index is 0.314. The quantitative estimate of drug-likeness (QED) is 0.602. The van der Waals surface area contributed by atoms with E-state index in [0.29, 0.717) is 18.6 Å². The van der Waals surface area contributed by atoms with E-state index < -0.39 is 0 Å². The Balaban J connectivity index is 1.63. The van der Waals surface area contributed by atoms with Gasteiger partial charge in [-0.05, 0) is 30.7 Å². The SMILES string of the molecule is SCC1(COCCOc2ccccc2)CCCCC1. The lowest BCUT2D eigenvalue weighted by Gasteiger charge is -2.35. The molecule has 1 aliphatic carbocycles. The standard InChI is InChI=1S/C16H24O2S/c19-14-16(9-5-2-6-10-16)13-17-11-12-18-15-7-3-1-4-8-15/h1,3-4,7-8,19H,2,5-6,9-14H2. The Morgan fingerprint density at radius 2 is 1.74 bits per heavy atom. The molecule has 19 heavy (non-hydrogen) atoms. The minimum absolute atomic E-state index is 0.314. The number of thiol groups is 1. The van der Waals surface area contributed by atoms with Crippen molar-refractivity contribution in [3.8, 4) is 5.75 Å². The van der Waals surface area contributed by atoms with Crippen molar-refractivity contribution in [2.24, 2.45) is 5.41 Å². The van der Waals surface area contributed by atoms with Gasteiger partial charge in [0.05, 0.1) is 13.2 Å². The Bertz CT molecular complexity index is 347. The third kappa shape index (κ3) is 4.73. The predicted octanol–water partition coefficient (Wildman–Crippen LogP) is 3.96. The van der Waals surface area contributed by atoms with Crippen LogP contribution in [0.1, 0.15) is 32.1 Å². The molecule has 0 unspecified atom stereocenters. The molecule has 0 aromatic heterocycles. The summed E-state index contributed by atoms with van der Waals surface area (Å²) in [5.41, 5.74) is 0.314. The molecule has 1 saturated carbocycles. The molecule has 0 amide bonds. The van der Waals surface area contributed by atoms with E-state index in [2.05, 4.69) is 12.6 Å². The van der Waals surface area contributed by atoms with Crippen LogP contribution < -0.4 is 4.74 Å². The summed E-state index contributed by atoms with van der Waals surface area (Å²) in [6.45, 7) is 2.10. The van der Waals surface area contributed by atoms with Crippen molar-refractivity contribution in [3.63, 3.8) is 0 Å². The van der Waals surface area contributed by atoms with Crippen LogP contribution in [-0.4, -0.2) is 25.6 Å². The maximum atomic E-state index is 5.82. The number of para-hydroxylation sites is 1. The smallest absolute Gasteiger partial charge is 0.119 e. The highest BCUT2D eigenvalue weighted by Gasteiger charge is 2.30. The average Bonchev–Trinajstić information content (AvgIpc) is 2.49. The second-order valence-corrected chi connectivity index (χ2v) is 5.75. The molecule has 0 atom stereocenters. The van der Waals surface area contributed by atoms with Crippen molar-refractivity contribution in [3.05, 3.63) is 30.3 Å². The van der Waals surface area contributed by atoms with E-state index in [9.17, 15) is 0 Å². The lowest BCUT2D eigenvalue weighted by Crippen LogP contribution is -2.32. The van der Waals surface area contributed by atoms with Gasteiger partial charge in [0.15, 0.2) is 0 Å². The van der Waals surface area contributed by atoms with Crippen LogP contribution in [0.15, 0.2) is 30.3 Å². The second-order valence-electron chi connectivity index (χ2n) is 5.43. The zero-order valence-corrected chi connectivity index (χ0v) is 12.4. The first-order chi connectivity index (χ1) is 9.35. The van der Waals surface area contributed by atoms with Gasteiger partial charge < -0.3 is 9.47 Å². The Kier molecular flexibility index (Phi) is 6.05. The zero-order valence-electron chi connectivity index (χ0n) is 11.5. The normalized spacial score (nSPS) is 18.2. The van der Waals surface area contributed by atoms with E-state index in [0.717, 1.165) is 18.1 Å². The first-order valence-corrected chi connectivity index (χ1v) is 7.84. The van der Waals surface area contributed by atoms with Crippen molar-refractivity contribution in [1.29, 1.82) is 0 Å². The Morgan fingerprint density at radius 3 is 2.42 bits per heavy atom. The summed E-state index contributed by atoms with van der Waals surface area (Å²) in [5, 5.41) is 0. The molecule has 3 heteroatoms. The van der Waals surface area contributed by atoms with Crippen LogP contribution in [0.4, 0.5) is 0 Å². The van der Waals surface area contributed by atoms with Crippen LogP contribution in [0.5, 0.6) is 5.75 Å². The fourth-order valence-corrected chi connectivity index (χ4v) is 3.08. The third-order valence-corrected chi connectivity index (χ3v) is 4.57. The molecule has 0 aliphatic heterocycles. The van der Waals surface area contributed by atoms with Crippen LogP contribution >= 0.6 is 12.6 Å². The monoisotopic (exact) mass is 280 g/mol. The van der Waals surface area contributed by atoms with E-state index in [-0.39, 0.29) is 0 Å². The maximum absolute atomic E-state index is 5.82. The van der Waals surface area contributed by atoms with Crippen LogP contribution in [0.2, 0.25) is 0 Å². The van der Waals surface area contributed by atoms with Crippen LogP contribution in [0, 0.1) is 5.41 Å². The fourth-order valence-electron chi connectivity index (χ4n) is 2.67. The molecule has 1 aliphatic rings. The van der Waals surface area contributed by atoms with Gasteiger partial charge in [-0.25, -0.2) is 0 Å². The zero-order chi connectivity index (χ0) is 13.4. The number of rotatable bonds is 7. The summed E-state index contributed by atoms with van der Waals surface area (Å²) in [6, 6.07) is 9.89. The highest BCUT2D eigenvalue weighted by molar-refractivity contribution is 7.80. The van der Waals surface area contributed by atoms with Crippen molar-refractivity contribution in [1.82, 2.24) is 0 Å². The molecule has 0 bridgehead atoms. The van der Waals surface area contributed by atoms with Gasteiger partial charge in [0, 0.05) is 5.41 Å². The van der Waals surface area contributed by atoms with Gasteiger partial charge in [-0.15, -0.1) is 0 Å². The van der Waals surface area contributed by atoms with Gasteiger partial charge in [0.25, 0.3) is 0 Å². The fraction of sp³-hybridized carbons (Fsp3) is 0.625. The van der Waals surface area contributed by atoms with Crippen molar-refractivity contribution in [2.45, 2.75) is 32.1 Å². The van der Waals surface area contributed by atoms with Crippen molar-refractivity contribution in [2.75, 3.05) is 25.6 Å². The summed E-state index contributed by atoms with van der Waals surface area (Å²) in [6.07, 6.45) is 6.54. The molecule has 0 saturated heterocycles. The van der Waals surface area contributed by atoms with E-state index >= 15 is 0 Å². The average molecular weight is 280 g/mol. The molecule has 0 radical (unpaired) electrons. The Morgan fingerprint density at radius 1 is 1.00 bits per heavy atom. The van der Waals surface area contributed by atoms with Gasteiger partial charge in [-0.3, -0.25) is 0 Å². The minimum Gasteiger partial charge on any atom is -0.491 e. The molecule has 1 aromatic rings. The van der Waals surface area contributed by atoms with E-state index in [4.69, 9.17) is 9.47 Å². The number of ether oxygens (including phenoxy) is 2. The summed E-state index contributed by atoms with van der Waals surface area (Å²) in [7, 11) is 0. The van der Waals surface area contributed by atoms with Crippen LogP contribution in [0.25, 0.3) is 0 Å². The molecule has 0 N–H and O–H groups in total. The number of hydrogen-bond donors (Lipinski definition) is 1. The summed E-state index contributed by atoms with van der Waals surface area (Å²) < 4.78 is 11.4. The van der Waals surface area contributed by atoms with Gasteiger partial charge >= 0.3 is 0 Å². The molecule has 1 fully saturated rings. The van der Waals surface area contributed by atoms with Crippen molar-refractivity contribution >= 4 is 12.6 Å². The molecule has 2 rings (SSSR count). The summed E-state index contributed by atoms with van der Waals surface area (Å²) in [5.74, 6) is 1.85. The molecule has 1 aromatic carbocycles. The van der Waals surface area contributed by atoms with E-state index in [1.165, 1.54) is 32.1 Å². The van der Waals surface area contributed by atoms with E-state index in [1.54, 1.807) is 0 Å². The van der Waals surface area contributed by atoms with Gasteiger partial charge in [0.2, 0.25) is 0 Å². The number of benzene rings is 1. The van der Waals surface area contributed by atoms with E-state index in [1.807, 2.05) is 30.3 Å². The van der Waals surface area contributed by atoms with Gasteiger partial charge in [-0.1, -0.05) is 37.5 Å². The molecular formula is C16H24O2S. The molecule has 0 heterocycles.